The third-order valence-electron chi connectivity index (χ3n) is 4.59. The largest absolute Gasteiger partial charge is 0.493 e. The number of aromatic amines is 1. The van der Waals surface area contributed by atoms with Gasteiger partial charge in [-0.05, 0) is 36.8 Å². The van der Waals surface area contributed by atoms with Gasteiger partial charge in [0, 0.05) is 23.9 Å². The molecule has 6 nitrogen and oxygen atoms in total. The predicted molar refractivity (Wildman–Crippen MR) is 109 cm³/mol. The maximum atomic E-state index is 12.5. The molecule has 4 aromatic rings. The first-order valence-corrected chi connectivity index (χ1v) is 9.19. The number of nitrogens with zero attached hydrogens (tertiary/aromatic N) is 2. The third kappa shape index (κ3) is 3.54. The number of benzene rings is 2. The summed E-state index contributed by atoms with van der Waals surface area (Å²) in [5.41, 5.74) is 3.09. The maximum absolute atomic E-state index is 12.5. The van der Waals surface area contributed by atoms with Gasteiger partial charge >= 0.3 is 0 Å². The Balaban J connectivity index is 1.74. The molecule has 0 saturated heterocycles. The van der Waals surface area contributed by atoms with Crippen molar-refractivity contribution in [1.82, 2.24) is 14.5 Å². The minimum atomic E-state index is -0.386. The second-order valence-electron chi connectivity index (χ2n) is 6.69. The Labute approximate surface area is 162 Å². The van der Waals surface area contributed by atoms with Crippen molar-refractivity contribution in [3.05, 3.63) is 77.5 Å². The summed E-state index contributed by atoms with van der Waals surface area (Å²) in [7, 11) is 0. The van der Waals surface area contributed by atoms with Gasteiger partial charge in [-0.25, -0.2) is 4.98 Å². The topological polar surface area (TPSA) is 80.1 Å². The Bertz CT molecular complexity index is 1130. The summed E-state index contributed by atoms with van der Waals surface area (Å²) in [5, 5.41) is 9.88. The number of hydrogen-bond donors (Lipinski definition) is 2. The van der Waals surface area contributed by atoms with Crippen LogP contribution in [0.5, 0.6) is 5.75 Å². The van der Waals surface area contributed by atoms with E-state index in [1.54, 1.807) is 6.92 Å². The summed E-state index contributed by atoms with van der Waals surface area (Å²) < 4.78 is 7.57. The van der Waals surface area contributed by atoms with Crippen LogP contribution in [0.25, 0.3) is 27.8 Å². The van der Waals surface area contributed by atoms with Crippen LogP contribution >= 0.6 is 0 Å². The smallest absolute Gasteiger partial charge is 0.260 e. The van der Waals surface area contributed by atoms with Gasteiger partial charge in [0.05, 0.1) is 24.4 Å². The van der Waals surface area contributed by atoms with Crippen LogP contribution in [0.2, 0.25) is 0 Å². The van der Waals surface area contributed by atoms with E-state index in [1.807, 2.05) is 65.4 Å². The molecule has 2 N–H and O–H groups in total. The zero-order chi connectivity index (χ0) is 19.5. The Kier molecular flexibility index (Phi) is 4.95. The molecule has 1 unspecified atom stereocenters. The number of rotatable bonds is 6. The van der Waals surface area contributed by atoms with E-state index in [1.165, 1.54) is 6.33 Å². The van der Waals surface area contributed by atoms with Crippen LogP contribution in [0.15, 0.2) is 71.9 Å². The number of hydrogen-bond acceptors (Lipinski definition) is 4. The van der Waals surface area contributed by atoms with E-state index >= 15 is 0 Å². The van der Waals surface area contributed by atoms with Crippen LogP contribution in [0.1, 0.15) is 13.3 Å². The molecule has 2 aromatic heterocycles. The minimum Gasteiger partial charge on any atom is -0.493 e. The van der Waals surface area contributed by atoms with Gasteiger partial charge < -0.3 is 19.4 Å². The number of nitrogens with one attached hydrogen (secondary N) is 1. The van der Waals surface area contributed by atoms with Crippen molar-refractivity contribution in [2.24, 2.45) is 0 Å². The molecular formula is C22H21N3O3. The van der Waals surface area contributed by atoms with Gasteiger partial charge in [0.1, 0.15) is 5.75 Å². The lowest BCUT2D eigenvalue weighted by atomic mass is 10.1. The van der Waals surface area contributed by atoms with Crippen molar-refractivity contribution in [2.45, 2.75) is 19.4 Å². The highest BCUT2D eigenvalue weighted by molar-refractivity contribution is 5.94. The number of fused-ring (bicyclic) bond motifs is 1. The average molecular weight is 375 g/mol. The molecule has 0 bridgehead atoms. The summed E-state index contributed by atoms with van der Waals surface area (Å²) >= 11 is 0. The number of H-pyrrole nitrogens is 1. The van der Waals surface area contributed by atoms with E-state index in [-0.39, 0.29) is 11.7 Å². The van der Waals surface area contributed by atoms with Crippen molar-refractivity contribution in [2.75, 3.05) is 6.61 Å². The molecule has 28 heavy (non-hydrogen) atoms. The van der Waals surface area contributed by atoms with Crippen molar-refractivity contribution >= 4 is 11.0 Å². The van der Waals surface area contributed by atoms with Crippen LogP contribution in [0.3, 0.4) is 0 Å². The number of aliphatic hydroxyl groups excluding tert-OH is 1. The molecule has 2 heterocycles. The molecule has 0 aliphatic carbocycles. The fraction of sp³-hybridized carbons (Fsp3) is 0.182. The summed E-state index contributed by atoms with van der Waals surface area (Å²) in [6, 6.07) is 17.4. The van der Waals surface area contributed by atoms with Gasteiger partial charge in [-0.3, -0.25) is 4.79 Å². The number of para-hydroxylation sites is 1. The van der Waals surface area contributed by atoms with E-state index in [4.69, 9.17) is 4.74 Å². The molecule has 4 rings (SSSR count). The van der Waals surface area contributed by atoms with Gasteiger partial charge in [-0.2, -0.15) is 0 Å². The summed E-state index contributed by atoms with van der Waals surface area (Å²) in [6.07, 6.45) is 3.55. The van der Waals surface area contributed by atoms with Crippen LogP contribution in [-0.4, -0.2) is 32.4 Å². The van der Waals surface area contributed by atoms with Crippen LogP contribution in [0.4, 0.5) is 0 Å². The first kappa shape index (κ1) is 18.0. The second-order valence-corrected chi connectivity index (χ2v) is 6.69. The lowest BCUT2D eigenvalue weighted by Gasteiger charge is -2.08. The highest BCUT2D eigenvalue weighted by atomic mass is 16.5. The number of aromatic nitrogens is 3. The molecule has 0 amide bonds. The number of aliphatic hydroxyl groups is 1. The molecule has 1 atom stereocenters. The van der Waals surface area contributed by atoms with Gasteiger partial charge in [0.25, 0.3) is 5.56 Å². The van der Waals surface area contributed by atoms with E-state index < -0.39 is 0 Å². The highest BCUT2D eigenvalue weighted by Crippen LogP contribution is 2.30. The molecule has 0 spiro atoms. The highest BCUT2D eigenvalue weighted by Gasteiger charge is 2.15. The standard InChI is InChI=1S/C22H21N3O3/c1-15(26)11-12-28-18-9-7-16(8-10-18)19-13-25(17-5-3-2-4-6-17)21-20(19)22(27)24-14-23-21/h2-10,13-15,26H,11-12H2,1H3,(H,23,24,27). The fourth-order valence-corrected chi connectivity index (χ4v) is 3.15. The lowest BCUT2D eigenvalue weighted by Crippen LogP contribution is -2.07. The van der Waals surface area contributed by atoms with Gasteiger partial charge in [-0.15, -0.1) is 0 Å². The van der Waals surface area contributed by atoms with Crippen molar-refractivity contribution < 1.29 is 9.84 Å². The Morgan fingerprint density at radius 1 is 1.14 bits per heavy atom. The predicted octanol–water partition coefficient (Wildman–Crippen LogP) is 3.53. The molecule has 6 heteroatoms. The fourth-order valence-electron chi connectivity index (χ4n) is 3.15. The van der Waals surface area contributed by atoms with Crippen molar-refractivity contribution in [3.63, 3.8) is 0 Å². The maximum Gasteiger partial charge on any atom is 0.260 e. The quantitative estimate of drug-likeness (QED) is 0.540. The van der Waals surface area contributed by atoms with Crippen molar-refractivity contribution in [3.8, 4) is 22.6 Å². The first-order valence-electron chi connectivity index (χ1n) is 9.19. The minimum absolute atomic E-state index is 0.174. The first-order chi connectivity index (χ1) is 13.6. The Hall–Kier alpha value is -3.38. The zero-order valence-corrected chi connectivity index (χ0v) is 15.5. The summed E-state index contributed by atoms with van der Waals surface area (Å²) in [5.74, 6) is 0.725. The van der Waals surface area contributed by atoms with Crippen molar-refractivity contribution in [1.29, 1.82) is 0 Å². The lowest BCUT2D eigenvalue weighted by molar-refractivity contribution is 0.155. The molecule has 0 saturated carbocycles. The van der Waals surface area contributed by atoms with Crippen LogP contribution < -0.4 is 10.3 Å². The van der Waals surface area contributed by atoms with Crippen LogP contribution in [-0.2, 0) is 0 Å². The Morgan fingerprint density at radius 3 is 2.61 bits per heavy atom. The molecule has 0 radical (unpaired) electrons. The molecular weight excluding hydrogens is 354 g/mol. The van der Waals surface area contributed by atoms with E-state index in [9.17, 15) is 9.90 Å². The molecule has 2 aromatic carbocycles. The summed E-state index contributed by atoms with van der Waals surface area (Å²) in [6.45, 7) is 2.19. The van der Waals surface area contributed by atoms with Gasteiger partial charge in [0.15, 0.2) is 5.65 Å². The van der Waals surface area contributed by atoms with E-state index in [2.05, 4.69) is 9.97 Å². The van der Waals surface area contributed by atoms with E-state index in [0.29, 0.717) is 24.1 Å². The molecule has 0 aliphatic heterocycles. The SMILES string of the molecule is CC(O)CCOc1ccc(-c2cn(-c3ccccc3)c3nc[nH]c(=O)c23)cc1. The monoisotopic (exact) mass is 375 g/mol. The van der Waals surface area contributed by atoms with Gasteiger partial charge in [-0.1, -0.05) is 30.3 Å². The molecule has 0 fully saturated rings. The van der Waals surface area contributed by atoms with E-state index in [0.717, 1.165) is 22.6 Å². The zero-order valence-electron chi connectivity index (χ0n) is 15.5. The normalized spacial score (nSPS) is 12.2. The van der Waals surface area contributed by atoms with Crippen LogP contribution in [0, 0.1) is 0 Å². The Morgan fingerprint density at radius 2 is 1.89 bits per heavy atom. The molecule has 142 valence electrons. The van der Waals surface area contributed by atoms with Gasteiger partial charge in [0.2, 0.25) is 0 Å². The third-order valence-corrected chi connectivity index (χ3v) is 4.59. The number of ether oxygens (including phenoxy) is 1. The average Bonchev–Trinajstić information content (AvgIpc) is 3.10. The second kappa shape index (κ2) is 7.70. The molecule has 0 aliphatic rings. The summed E-state index contributed by atoms with van der Waals surface area (Å²) in [4.78, 5) is 19.6.